The summed E-state index contributed by atoms with van der Waals surface area (Å²) in [5, 5.41) is 0. The van der Waals surface area contributed by atoms with Crippen LogP contribution < -0.4 is 0 Å². The summed E-state index contributed by atoms with van der Waals surface area (Å²) < 4.78 is 0. The molecule has 0 aromatic carbocycles. The molecule has 0 rings (SSSR count). The van der Waals surface area contributed by atoms with Gasteiger partial charge in [-0.25, -0.2) is 0 Å². The van der Waals surface area contributed by atoms with Crippen LogP contribution in [0.1, 0.15) is 27.7 Å². The van der Waals surface area contributed by atoms with Crippen LogP contribution in [0.2, 0.25) is 0 Å². The second-order valence-corrected chi connectivity index (χ2v) is 4.59. The van der Waals surface area contributed by atoms with Gasteiger partial charge in [0.15, 0.2) is 0 Å². The van der Waals surface area contributed by atoms with E-state index in [4.69, 9.17) is 0 Å². The minimum atomic E-state index is -0.295. The van der Waals surface area contributed by atoms with Gasteiger partial charge in [-0.2, -0.15) is 0 Å². The topological polar surface area (TPSA) is 20.3 Å². The minimum absolute atomic E-state index is 0.127. The maximum absolute atomic E-state index is 12.1. The van der Waals surface area contributed by atoms with Crippen molar-refractivity contribution in [3.05, 3.63) is 49.2 Å². The van der Waals surface area contributed by atoms with E-state index in [9.17, 15) is 4.79 Å². The van der Waals surface area contributed by atoms with Crippen molar-refractivity contribution in [2.75, 3.05) is 0 Å². The summed E-state index contributed by atoms with van der Waals surface area (Å²) in [7, 11) is 0. The van der Waals surface area contributed by atoms with Crippen LogP contribution in [0.5, 0.6) is 0 Å². The Kier molecular flexibility index (Phi) is 4.96. The summed E-state index contributed by atoms with van der Waals surface area (Å²) in [5.41, 5.74) is 0.988. The van der Waals surface area contributed by atoms with E-state index in [1.54, 1.807) is 17.1 Å². The molecule has 0 radical (unpaired) electrons. The number of rotatable bonds is 4. The van der Waals surface area contributed by atoms with E-state index < -0.39 is 0 Å². The van der Waals surface area contributed by atoms with E-state index in [0.29, 0.717) is 5.57 Å². The smallest absolute Gasteiger partial charge is 0.257 e. The van der Waals surface area contributed by atoms with Gasteiger partial charge >= 0.3 is 0 Å². The molecule has 1 amide bonds. The quantitative estimate of drug-likeness (QED) is 0.524. The van der Waals surface area contributed by atoms with Crippen LogP contribution in [0.25, 0.3) is 0 Å². The Morgan fingerprint density at radius 1 is 1.25 bits per heavy atom. The molecule has 0 saturated carbocycles. The highest BCUT2D eigenvalue weighted by molar-refractivity contribution is 5.98. The third-order valence-electron chi connectivity index (χ3n) is 2.23. The monoisotopic (exact) mass is 219 g/mol. The maximum Gasteiger partial charge on any atom is 0.257 e. The van der Waals surface area contributed by atoms with Crippen molar-refractivity contribution in [1.82, 2.24) is 4.90 Å². The fraction of sp³-hybridized carbons (Fsp3) is 0.357. The summed E-state index contributed by atoms with van der Waals surface area (Å²) >= 11 is 0. The van der Waals surface area contributed by atoms with Crippen LogP contribution in [-0.4, -0.2) is 16.3 Å². The SMILES string of the molecule is C=C/C=C(/C)C(=C)C(=O)N(C=C)C(C)(C)C. The molecule has 0 aliphatic rings. The van der Waals surface area contributed by atoms with Gasteiger partial charge < -0.3 is 4.90 Å². The van der Waals surface area contributed by atoms with Crippen LogP contribution in [0.15, 0.2) is 49.2 Å². The van der Waals surface area contributed by atoms with Crippen molar-refractivity contribution in [1.29, 1.82) is 0 Å². The van der Waals surface area contributed by atoms with Crippen molar-refractivity contribution in [3.63, 3.8) is 0 Å². The average molecular weight is 219 g/mol. The van der Waals surface area contributed by atoms with Gasteiger partial charge in [-0.1, -0.05) is 31.9 Å². The molecule has 0 fully saturated rings. The molecule has 0 aromatic heterocycles. The molecule has 0 aliphatic carbocycles. The zero-order chi connectivity index (χ0) is 12.9. The maximum atomic E-state index is 12.1. The van der Waals surface area contributed by atoms with Gasteiger partial charge in [-0.15, -0.1) is 0 Å². The summed E-state index contributed by atoms with van der Waals surface area (Å²) in [6.07, 6.45) is 4.95. The summed E-state index contributed by atoms with van der Waals surface area (Å²) in [5.74, 6) is -0.127. The number of nitrogens with zero attached hydrogens (tertiary/aromatic N) is 1. The molecule has 0 heterocycles. The standard InChI is InChI=1S/C14H21NO/c1-8-10-11(3)12(4)13(16)15(9-2)14(5,6)7/h8-10H,1-2,4H2,3,5-7H3/b11-10-. The summed E-state index contributed by atoms with van der Waals surface area (Å²) in [6.45, 7) is 18.7. The molecule has 0 bridgehead atoms. The molecule has 0 saturated heterocycles. The lowest BCUT2D eigenvalue weighted by atomic mass is 10.0. The molecule has 88 valence electrons. The zero-order valence-electron chi connectivity index (χ0n) is 10.7. The zero-order valence-corrected chi connectivity index (χ0v) is 10.7. The first-order chi connectivity index (χ1) is 7.25. The van der Waals surface area contributed by atoms with Crippen molar-refractivity contribution in [3.8, 4) is 0 Å². The van der Waals surface area contributed by atoms with E-state index in [1.165, 1.54) is 6.20 Å². The summed E-state index contributed by atoms with van der Waals surface area (Å²) in [6, 6.07) is 0. The van der Waals surface area contributed by atoms with E-state index in [-0.39, 0.29) is 11.4 Å². The Hall–Kier alpha value is -1.57. The number of allylic oxidation sites excluding steroid dienone is 2. The second kappa shape index (κ2) is 5.50. The first kappa shape index (κ1) is 14.4. The predicted molar refractivity (Wildman–Crippen MR) is 69.9 cm³/mol. The second-order valence-electron chi connectivity index (χ2n) is 4.59. The highest BCUT2D eigenvalue weighted by atomic mass is 16.2. The Balaban J connectivity index is 5.06. The van der Waals surface area contributed by atoms with Gasteiger partial charge in [0.2, 0.25) is 0 Å². The molecule has 0 aliphatic heterocycles. The first-order valence-corrected chi connectivity index (χ1v) is 5.20. The van der Waals surface area contributed by atoms with Crippen LogP contribution in [0, 0.1) is 0 Å². The Morgan fingerprint density at radius 3 is 2.06 bits per heavy atom. The van der Waals surface area contributed by atoms with Gasteiger partial charge in [0.05, 0.1) is 0 Å². The first-order valence-electron chi connectivity index (χ1n) is 5.20. The molecule has 2 heteroatoms. The lowest BCUT2D eigenvalue weighted by molar-refractivity contribution is -0.127. The van der Waals surface area contributed by atoms with Gasteiger partial charge in [-0.05, 0) is 33.3 Å². The van der Waals surface area contributed by atoms with Crippen molar-refractivity contribution in [2.24, 2.45) is 0 Å². The van der Waals surface area contributed by atoms with Gasteiger partial charge in [-0.3, -0.25) is 4.79 Å². The average Bonchev–Trinajstić information content (AvgIpc) is 2.15. The molecular formula is C14H21NO. The van der Waals surface area contributed by atoms with Crippen molar-refractivity contribution >= 4 is 5.91 Å². The third kappa shape index (κ3) is 3.54. The number of hydrogen-bond donors (Lipinski definition) is 0. The lowest BCUT2D eigenvalue weighted by Crippen LogP contribution is -2.42. The van der Waals surface area contributed by atoms with Gasteiger partial charge in [0.25, 0.3) is 5.91 Å². The van der Waals surface area contributed by atoms with Crippen molar-refractivity contribution in [2.45, 2.75) is 33.2 Å². The molecular weight excluding hydrogens is 198 g/mol. The van der Waals surface area contributed by atoms with Crippen LogP contribution in [0.4, 0.5) is 0 Å². The highest BCUT2D eigenvalue weighted by Gasteiger charge is 2.25. The highest BCUT2D eigenvalue weighted by Crippen LogP contribution is 2.19. The molecule has 0 spiro atoms. The minimum Gasteiger partial charge on any atom is -0.310 e. The normalized spacial score (nSPS) is 11.9. The van der Waals surface area contributed by atoms with Gasteiger partial charge in [0, 0.05) is 17.3 Å². The van der Waals surface area contributed by atoms with Gasteiger partial charge in [0.1, 0.15) is 0 Å². The van der Waals surface area contributed by atoms with Crippen LogP contribution >= 0.6 is 0 Å². The number of hydrogen-bond acceptors (Lipinski definition) is 1. The third-order valence-corrected chi connectivity index (χ3v) is 2.23. The molecule has 0 atom stereocenters. The van der Waals surface area contributed by atoms with E-state index in [1.807, 2.05) is 27.7 Å². The molecule has 2 nitrogen and oxygen atoms in total. The van der Waals surface area contributed by atoms with E-state index in [0.717, 1.165) is 5.57 Å². The molecule has 0 aromatic rings. The Labute approximate surface area is 98.6 Å². The van der Waals surface area contributed by atoms with Crippen molar-refractivity contribution < 1.29 is 4.79 Å². The summed E-state index contributed by atoms with van der Waals surface area (Å²) in [4.78, 5) is 13.7. The number of carbonyl (C=O) groups excluding carboxylic acids is 1. The Bertz CT molecular complexity index is 342. The molecule has 16 heavy (non-hydrogen) atoms. The lowest BCUT2D eigenvalue weighted by Gasteiger charge is -2.33. The predicted octanol–water partition coefficient (Wildman–Crippen LogP) is 3.45. The fourth-order valence-electron chi connectivity index (χ4n) is 1.25. The Morgan fingerprint density at radius 2 is 1.75 bits per heavy atom. The van der Waals surface area contributed by atoms with E-state index in [2.05, 4.69) is 19.7 Å². The van der Waals surface area contributed by atoms with Crippen LogP contribution in [0.3, 0.4) is 0 Å². The molecule has 0 N–H and O–H groups in total. The fourth-order valence-corrected chi connectivity index (χ4v) is 1.25. The molecule has 0 unspecified atom stereocenters. The number of carbonyl (C=O) groups is 1. The van der Waals surface area contributed by atoms with Crippen LogP contribution in [-0.2, 0) is 4.79 Å². The number of amides is 1. The largest absolute Gasteiger partial charge is 0.310 e. The van der Waals surface area contributed by atoms with E-state index >= 15 is 0 Å².